The molecule has 0 radical (unpaired) electrons. The molecule has 22 heavy (non-hydrogen) atoms. The SMILES string of the molecule is CC(=O)c1ccc(N2CCCC(CC(N)=O)C2)c([N+](=O)[O-])c1. The molecule has 1 atom stereocenters. The number of benzene rings is 1. The number of nitro groups is 1. The number of hydrogen-bond acceptors (Lipinski definition) is 5. The molecule has 2 N–H and O–H groups in total. The van der Waals surface area contributed by atoms with Gasteiger partial charge in [0, 0.05) is 31.1 Å². The van der Waals surface area contributed by atoms with Gasteiger partial charge in [-0.2, -0.15) is 0 Å². The van der Waals surface area contributed by atoms with Crippen molar-refractivity contribution in [3.63, 3.8) is 0 Å². The fourth-order valence-electron chi connectivity index (χ4n) is 2.89. The molecule has 7 heteroatoms. The lowest BCUT2D eigenvalue weighted by molar-refractivity contribution is -0.384. The van der Waals surface area contributed by atoms with Crippen LogP contribution in [0.3, 0.4) is 0 Å². The second kappa shape index (κ2) is 6.55. The number of nitrogens with zero attached hydrogens (tertiary/aromatic N) is 2. The number of primary amides is 1. The van der Waals surface area contributed by atoms with Crippen molar-refractivity contribution in [1.82, 2.24) is 0 Å². The van der Waals surface area contributed by atoms with Gasteiger partial charge >= 0.3 is 0 Å². The molecule has 0 bridgehead atoms. The summed E-state index contributed by atoms with van der Waals surface area (Å²) in [5.74, 6) is -0.452. The van der Waals surface area contributed by atoms with E-state index in [0.717, 1.165) is 12.8 Å². The highest BCUT2D eigenvalue weighted by atomic mass is 16.6. The van der Waals surface area contributed by atoms with Crippen LogP contribution in [0.5, 0.6) is 0 Å². The molecular weight excluding hydrogens is 286 g/mol. The van der Waals surface area contributed by atoms with E-state index >= 15 is 0 Å². The summed E-state index contributed by atoms with van der Waals surface area (Å²) < 4.78 is 0. The highest BCUT2D eigenvalue weighted by Crippen LogP contribution is 2.33. The van der Waals surface area contributed by atoms with Crippen molar-refractivity contribution < 1.29 is 14.5 Å². The van der Waals surface area contributed by atoms with Gasteiger partial charge in [-0.25, -0.2) is 0 Å². The first-order chi connectivity index (χ1) is 10.4. The average Bonchev–Trinajstić information content (AvgIpc) is 2.46. The van der Waals surface area contributed by atoms with Crippen molar-refractivity contribution >= 4 is 23.1 Å². The maximum Gasteiger partial charge on any atom is 0.293 e. The Balaban J connectivity index is 2.28. The molecule has 118 valence electrons. The Morgan fingerprint density at radius 3 is 2.77 bits per heavy atom. The number of amides is 1. The molecule has 1 amide bonds. The van der Waals surface area contributed by atoms with E-state index in [9.17, 15) is 19.7 Å². The number of carbonyl (C=O) groups excluding carboxylic acids is 2. The molecule has 1 unspecified atom stereocenters. The first kappa shape index (κ1) is 15.9. The Kier molecular flexibility index (Phi) is 4.75. The molecule has 1 aliphatic heterocycles. The van der Waals surface area contributed by atoms with Crippen molar-refractivity contribution in [2.75, 3.05) is 18.0 Å². The van der Waals surface area contributed by atoms with Crippen LogP contribution in [0, 0.1) is 16.0 Å². The molecule has 1 saturated heterocycles. The van der Waals surface area contributed by atoms with Crippen molar-refractivity contribution in [2.45, 2.75) is 26.2 Å². The van der Waals surface area contributed by atoms with Crippen molar-refractivity contribution in [3.8, 4) is 0 Å². The minimum Gasteiger partial charge on any atom is -0.370 e. The Labute approximate surface area is 128 Å². The number of nitrogens with two attached hydrogens (primary N) is 1. The van der Waals surface area contributed by atoms with Crippen molar-refractivity contribution in [2.24, 2.45) is 11.7 Å². The Morgan fingerprint density at radius 2 is 2.18 bits per heavy atom. The summed E-state index contributed by atoms with van der Waals surface area (Å²) in [6, 6.07) is 4.53. The maximum atomic E-state index is 11.4. The fourth-order valence-corrected chi connectivity index (χ4v) is 2.89. The normalized spacial score (nSPS) is 18.0. The third kappa shape index (κ3) is 3.60. The Hall–Kier alpha value is -2.44. The number of anilines is 1. The zero-order valence-corrected chi connectivity index (χ0v) is 12.4. The molecule has 7 nitrogen and oxygen atoms in total. The predicted molar refractivity (Wildman–Crippen MR) is 81.8 cm³/mol. The summed E-state index contributed by atoms with van der Waals surface area (Å²) in [6.45, 7) is 2.63. The van der Waals surface area contributed by atoms with E-state index in [1.165, 1.54) is 13.0 Å². The highest BCUT2D eigenvalue weighted by Gasteiger charge is 2.26. The highest BCUT2D eigenvalue weighted by molar-refractivity contribution is 5.95. The molecule has 1 aromatic carbocycles. The first-order valence-electron chi connectivity index (χ1n) is 7.21. The lowest BCUT2D eigenvalue weighted by Crippen LogP contribution is -2.37. The fraction of sp³-hybridized carbons (Fsp3) is 0.467. The zero-order chi connectivity index (χ0) is 16.3. The number of piperidine rings is 1. The van der Waals surface area contributed by atoms with Crippen LogP contribution in [0.2, 0.25) is 0 Å². The van der Waals surface area contributed by atoms with Gasteiger partial charge in [0.05, 0.1) is 4.92 Å². The van der Waals surface area contributed by atoms with Crippen LogP contribution in [-0.2, 0) is 4.79 Å². The van der Waals surface area contributed by atoms with E-state index in [1.807, 2.05) is 4.90 Å². The summed E-state index contributed by atoms with van der Waals surface area (Å²) in [4.78, 5) is 35.2. The van der Waals surface area contributed by atoms with E-state index in [-0.39, 0.29) is 29.7 Å². The number of rotatable bonds is 5. The smallest absolute Gasteiger partial charge is 0.293 e. The number of carbonyl (C=O) groups is 2. The van der Waals surface area contributed by atoms with Gasteiger partial charge in [-0.15, -0.1) is 0 Å². The van der Waals surface area contributed by atoms with E-state index < -0.39 is 4.92 Å². The van der Waals surface area contributed by atoms with Crippen LogP contribution < -0.4 is 10.6 Å². The number of hydrogen-bond donors (Lipinski definition) is 1. The van der Waals surface area contributed by atoms with E-state index in [1.54, 1.807) is 12.1 Å². The van der Waals surface area contributed by atoms with Crippen LogP contribution in [0.15, 0.2) is 18.2 Å². The third-order valence-electron chi connectivity index (χ3n) is 3.93. The number of Topliss-reactive ketones (excluding diaryl/α,β-unsaturated/α-hetero) is 1. The topological polar surface area (TPSA) is 107 Å². The molecule has 1 aliphatic rings. The predicted octanol–water partition coefficient (Wildman–Crippen LogP) is 1.89. The lowest BCUT2D eigenvalue weighted by atomic mass is 9.94. The van der Waals surface area contributed by atoms with Gasteiger partial charge in [0.2, 0.25) is 5.91 Å². The summed E-state index contributed by atoms with van der Waals surface area (Å²) in [5.41, 5.74) is 5.97. The Morgan fingerprint density at radius 1 is 1.45 bits per heavy atom. The van der Waals surface area contributed by atoms with Gasteiger partial charge in [-0.1, -0.05) is 0 Å². The van der Waals surface area contributed by atoms with Crippen molar-refractivity contribution in [1.29, 1.82) is 0 Å². The molecule has 2 rings (SSSR count). The van der Waals surface area contributed by atoms with Crippen LogP contribution in [0.1, 0.15) is 36.5 Å². The first-order valence-corrected chi connectivity index (χ1v) is 7.21. The summed E-state index contributed by atoms with van der Waals surface area (Å²) in [7, 11) is 0. The second-order valence-electron chi connectivity index (χ2n) is 5.64. The van der Waals surface area contributed by atoms with Gasteiger partial charge in [0.25, 0.3) is 5.69 Å². The molecule has 0 aliphatic carbocycles. The number of ketones is 1. The lowest BCUT2D eigenvalue weighted by Gasteiger charge is -2.33. The molecule has 0 spiro atoms. The Bertz CT molecular complexity index is 615. The van der Waals surface area contributed by atoms with Gasteiger partial charge in [-0.3, -0.25) is 19.7 Å². The average molecular weight is 305 g/mol. The number of nitro benzene ring substituents is 1. The summed E-state index contributed by atoms with van der Waals surface area (Å²) >= 11 is 0. The minimum absolute atomic E-state index is 0.0765. The molecule has 1 fully saturated rings. The third-order valence-corrected chi connectivity index (χ3v) is 3.93. The second-order valence-corrected chi connectivity index (χ2v) is 5.64. The molecule has 0 saturated carbocycles. The standard InChI is InChI=1S/C15H19N3O4/c1-10(19)12-4-5-13(14(8-12)18(21)22)17-6-2-3-11(9-17)7-15(16)20/h4-5,8,11H,2-3,6-7,9H2,1H3,(H2,16,20). The van der Waals surface area contributed by atoms with Gasteiger partial charge in [0.15, 0.2) is 5.78 Å². The molecular formula is C15H19N3O4. The quantitative estimate of drug-likeness (QED) is 0.508. The monoisotopic (exact) mass is 305 g/mol. The zero-order valence-electron chi connectivity index (χ0n) is 12.4. The molecule has 1 heterocycles. The van der Waals surface area contributed by atoms with E-state index in [0.29, 0.717) is 24.3 Å². The van der Waals surface area contributed by atoms with Crippen LogP contribution >= 0.6 is 0 Å². The van der Waals surface area contributed by atoms with Crippen LogP contribution in [0.25, 0.3) is 0 Å². The van der Waals surface area contributed by atoms with Crippen LogP contribution in [0.4, 0.5) is 11.4 Å². The van der Waals surface area contributed by atoms with Gasteiger partial charge in [0.1, 0.15) is 5.69 Å². The van der Waals surface area contributed by atoms with Gasteiger partial charge < -0.3 is 10.6 Å². The van der Waals surface area contributed by atoms with Crippen molar-refractivity contribution in [3.05, 3.63) is 33.9 Å². The van der Waals surface area contributed by atoms with E-state index in [2.05, 4.69) is 0 Å². The largest absolute Gasteiger partial charge is 0.370 e. The minimum atomic E-state index is -0.473. The van der Waals surface area contributed by atoms with E-state index in [4.69, 9.17) is 5.73 Å². The maximum absolute atomic E-state index is 11.4. The molecule has 1 aromatic rings. The molecule has 0 aromatic heterocycles. The summed E-state index contributed by atoms with van der Waals surface area (Å²) in [6.07, 6.45) is 2.03. The van der Waals surface area contributed by atoms with Gasteiger partial charge in [-0.05, 0) is 37.8 Å². The van der Waals surface area contributed by atoms with Crippen LogP contribution in [-0.4, -0.2) is 29.7 Å². The summed E-state index contributed by atoms with van der Waals surface area (Å²) in [5, 5.41) is 11.3.